The Kier molecular flexibility index (Phi) is 5.78. The number of thioether (sulfide) groups is 1. The first kappa shape index (κ1) is 19.7. The first-order chi connectivity index (χ1) is 12.9. The quantitative estimate of drug-likeness (QED) is 0.430. The predicted molar refractivity (Wildman–Crippen MR) is 99.5 cm³/mol. The second-order valence-electron chi connectivity index (χ2n) is 7.07. The van der Waals surface area contributed by atoms with E-state index in [1.54, 1.807) is 6.92 Å². The zero-order valence-corrected chi connectivity index (χ0v) is 16.5. The monoisotopic (exact) mass is 395 g/mol. The third-order valence-electron chi connectivity index (χ3n) is 5.49. The van der Waals surface area contributed by atoms with Gasteiger partial charge < -0.3 is 15.0 Å². The molecule has 4 amide bonds. The minimum atomic E-state index is -0.803. The summed E-state index contributed by atoms with van der Waals surface area (Å²) in [5, 5.41) is 3.40. The average Bonchev–Trinajstić information content (AvgIpc) is 3.08. The standard InChI is InChI=1S/C18H25N3O5S/c1-3-26-15(23)10-14-20(13(22)11-27-14)8-9-21-16(24)18(19-17(21)25)7-5-4-6-12(18)2/h10,12H,3-9,11H2,1-2H3,(H,19,25)/b14-10-/t12-,18-/m1/s1. The molecule has 0 aromatic rings. The van der Waals surface area contributed by atoms with E-state index >= 15 is 0 Å². The van der Waals surface area contributed by atoms with Crippen LogP contribution < -0.4 is 5.32 Å². The lowest BCUT2D eigenvalue weighted by Gasteiger charge is -2.36. The van der Waals surface area contributed by atoms with Gasteiger partial charge in [-0.15, -0.1) is 0 Å². The number of nitrogens with one attached hydrogen (secondary N) is 1. The molecule has 1 N–H and O–H groups in total. The number of nitrogens with zero attached hydrogens (tertiary/aromatic N) is 2. The topological polar surface area (TPSA) is 96.0 Å². The molecule has 1 spiro atoms. The normalized spacial score (nSPS) is 29.8. The SMILES string of the molecule is CCOC(=O)/C=C1\SCC(=O)N1CCN1C(=O)N[C@@]2(CCCC[C@H]2C)C1=O. The maximum atomic E-state index is 13.0. The van der Waals surface area contributed by atoms with Crippen molar-refractivity contribution in [2.24, 2.45) is 5.92 Å². The molecule has 2 saturated heterocycles. The van der Waals surface area contributed by atoms with Crippen LogP contribution >= 0.6 is 11.8 Å². The van der Waals surface area contributed by atoms with Gasteiger partial charge >= 0.3 is 12.0 Å². The molecule has 3 fully saturated rings. The van der Waals surface area contributed by atoms with E-state index in [-0.39, 0.29) is 43.2 Å². The van der Waals surface area contributed by atoms with Gasteiger partial charge in [0.25, 0.3) is 5.91 Å². The fraction of sp³-hybridized carbons (Fsp3) is 0.667. The zero-order chi connectivity index (χ0) is 19.6. The van der Waals surface area contributed by atoms with Crippen molar-refractivity contribution in [2.75, 3.05) is 25.4 Å². The molecule has 0 aromatic carbocycles. The summed E-state index contributed by atoms with van der Waals surface area (Å²) >= 11 is 1.25. The second kappa shape index (κ2) is 7.92. The molecule has 2 atom stereocenters. The molecule has 9 heteroatoms. The summed E-state index contributed by atoms with van der Waals surface area (Å²) in [5.41, 5.74) is -0.803. The third kappa shape index (κ3) is 3.69. The summed E-state index contributed by atoms with van der Waals surface area (Å²) in [5.74, 6) is -0.536. The Morgan fingerprint density at radius 2 is 2.04 bits per heavy atom. The molecule has 2 aliphatic heterocycles. The molecule has 0 aromatic heterocycles. The van der Waals surface area contributed by atoms with Gasteiger partial charge in [-0.3, -0.25) is 14.5 Å². The van der Waals surface area contributed by atoms with Gasteiger partial charge in [0.2, 0.25) is 5.91 Å². The van der Waals surface area contributed by atoms with Crippen molar-refractivity contribution in [3.8, 4) is 0 Å². The number of urea groups is 1. The molecular weight excluding hydrogens is 370 g/mol. The fourth-order valence-electron chi connectivity index (χ4n) is 3.95. The number of esters is 1. The average molecular weight is 395 g/mol. The van der Waals surface area contributed by atoms with Gasteiger partial charge in [-0.1, -0.05) is 31.5 Å². The van der Waals surface area contributed by atoms with E-state index in [0.717, 1.165) is 19.3 Å². The number of hydrogen-bond donors (Lipinski definition) is 1. The summed E-state index contributed by atoms with van der Waals surface area (Å²) < 4.78 is 4.89. The van der Waals surface area contributed by atoms with Gasteiger partial charge in [0.05, 0.1) is 23.5 Å². The van der Waals surface area contributed by atoms with Crippen LogP contribution in [-0.2, 0) is 19.1 Å². The fourth-order valence-corrected chi connectivity index (χ4v) is 4.91. The van der Waals surface area contributed by atoms with Gasteiger partial charge in [-0.2, -0.15) is 0 Å². The van der Waals surface area contributed by atoms with Crippen LogP contribution in [0.5, 0.6) is 0 Å². The van der Waals surface area contributed by atoms with Crippen LogP contribution in [0.4, 0.5) is 4.79 Å². The highest BCUT2D eigenvalue weighted by Crippen LogP contribution is 2.38. The van der Waals surface area contributed by atoms with E-state index in [0.29, 0.717) is 11.4 Å². The van der Waals surface area contributed by atoms with Gasteiger partial charge in [0.1, 0.15) is 5.54 Å². The van der Waals surface area contributed by atoms with E-state index in [1.165, 1.54) is 27.6 Å². The van der Waals surface area contributed by atoms with Crippen LogP contribution in [0.3, 0.4) is 0 Å². The van der Waals surface area contributed by atoms with Crippen LogP contribution in [0, 0.1) is 5.92 Å². The molecule has 3 aliphatic rings. The van der Waals surface area contributed by atoms with Crippen molar-refractivity contribution in [3.05, 3.63) is 11.1 Å². The molecule has 0 bridgehead atoms. The molecule has 1 aliphatic carbocycles. The van der Waals surface area contributed by atoms with E-state index < -0.39 is 17.5 Å². The molecule has 0 radical (unpaired) electrons. The summed E-state index contributed by atoms with van der Waals surface area (Å²) in [6, 6.07) is -0.399. The van der Waals surface area contributed by atoms with Crippen molar-refractivity contribution >= 4 is 35.6 Å². The summed E-state index contributed by atoms with van der Waals surface area (Å²) in [7, 11) is 0. The highest BCUT2D eigenvalue weighted by molar-refractivity contribution is 8.04. The Morgan fingerprint density at radius 3 is 2.74 bits per heavy atom. The maximum Gasteiger partial charge on any atom is 0.333 e. The number of imide groups is 1. The zero-order valence-electron chi connectivity index (χ0n) is 15.7. The molecule has 3 rings (SSSR count). The number of carbonyl (C=O) groups is 4. The first-order valence-electron chi connectivity index (χ1n) is 9.34. The third-order valence-corrected chi connectivity index (χ3v) is 6.51. The van der Waals surface area contributed by atoms with Crippen molar-refractivity contribution in [2.45, 2.75) is 45.1 Å². The Labute approximate surface area is 162 Å². The summed E-state index contributed by atoms with van der Waals surface area (Å²) in [6.07, 6.45) is 4.83. The van der Waals surface area contributed by atoms with Crippen molar-refractivity contribution in [1.29, 1.82) is 0 Å². The number of carbonyl (C=O) groups excluding carboxylic acids is 4. The van der Waals surface area contributed by atoms with Gasteiger partial charge in [0.15, 0.2) is 0 Å². The molecule has 1 saturated carbocycles. The van der Waals surface area contributed by atoms with E-state index in [9.17, 15) is 19.2 Å². The van der Waals surface area contributed by atoms with Crippen molar-refractivity contribution in [3.63, 3.8) is 0 Å². The number of hydrogen-bond acceptors (Lipinski definition) is 6. The second-order valence-corrected chi connectivity index (χ2v) is 8.07. The lowest BCUT2D eigenvalue weighted by Crippen LogP contribution is -2.54. The lowest BCUT2D eigenvalue weighted by atomic mass is 9.73. The Bertz CT molecular complexity index is 694. The van der Waals surface area contributed by atoms with Gasteiger partial charge in [-0.25, -0.2) is 9.59 Å². The predicted octanol–water partition coefficient (Wildman–Crippen LogP) is 1.47. The Morgan fingerprint density at radius 1 is 1.30 bits per heavy atom. The molecule has 148 valence electrons. The largest absolute Gasteiger partial charge is 0.463 e. The van der Waals surface area contributed by atoms with Gasteiger partial charge in [-0.05, 0) is 25.7 Å². The highest BCUT2D eigenvalue weighted by Gasteiger charge is 2.54. The maximum absolute atomic E-state index is 13.0. The molecular formula is C18H25N3O5S. The van der Waals surface area contributed by atoms with Gasteiger partial charge in [0, 0.05) is 13.1 Å². The van der Waals surface area contributed by atoms with Crippen LogP contribution in [0.25, 0.3) is 0 Å². The minimum Gasteiger partial charge on any atom is -0.463 e. The summed E-state index contributed by atoms with van der Waals surface area (Å²) in [6.45, 7) is 4.23. The van der Waals surface area contributed by atoms with Crippen LogP contribution in [-0.4, -0.2) is 64.6 Å². The Hall–Kier alpha value is -2.03. The number of ether oxygens (including phenoxy) is 1. The molecule has 27 heavy (non-hydrogen) atoms. The molecule has 2 heterocycles. The van der Waals surface area contributed by atoms with E-state index in [2.05, 4.69) is 5.32 Å². The van der Waals surface area contributed by atoms with E-state index in [1.807, 2.05) is 6.92 Å². The Balaban J connectivity index is 1.68. The van der Waals surface area contributed by atoms with Crippen molar-refractivity contribution in [1.82, 2.24) is 15.1 Å². The lowest BCUT2D eigenvalue weighted by molar-refractivity contribution is -0.137. The van der Waals surface area contributed by atoms with Crippen molar-refractivity contribution < 1.29 is 23.9 Å². The number of amides is 4. The van der Waals surface area contributed by atoms with E-state index in [4.69, 9.17) is 4.74 Å². The minimum absolute atomic E-state index is 0.0935. The molecule has 0 unspecified atom stereocenters. The first-order valence-corrected chi connectivity index (χ1v) is 10.3. The molecule has 8 nitrogen and oxygen atoms in total. The highest BCUT2D eigenvalue weighted by atomic mass is 32.2. The smallest absolute Gasteiger partial charge is 0.333 e. The van der Waals surface area contributed by atoms with Crippen LogP contribution in [0.2, 0.25) is 0 Å². The van der Waals surface area contributed by atoms with Crippen LogP contribution in [0.15, 0.2) is 11.1 Å². The van der Waals surface area contributed by atoms with Crippen LogP contribution in [0.1, 0.15) is 39.5 Å². The number of rotatable bonds is 5. The summed E-state index contributed by atoms with van der Waals surface area (Å²) in [4.78, 5) is 51.9.